The number of alkyl halides is 3. The van der Waals surface area contributed by atoms with Gasteiger partial charge in [0.15, 0.2) is 5.69 Å². The summed E-state index contributed by atoms with van der Waals surface area (Å²) in [5, 5.41) is 7.56. The molecule has 4 rings (SSSR count). The first-order valence-corrected chi connectivity index (χ1v) is 8.26. The van der Waals surface area contributed by atoms with Gasteiger partial charge in [0, 0.05) is 36.6 Å². The van der Waals surface area contributed by atoms with Crippen molar-refractivity contribution in [1.29, 1.82) is 0 Å². The predicted octanol–water partition coefficient (Wildman–Crippen LogP) is 2.42. The smallest absolute Gasteiger partial charge is 0.383 e. The summed E-state index contributed by atoms with van der Waals surface area (Å²) < 4.78 is 42.4. The maximum Gasteiger partial charge on any atom is 0.435 e. The number of aryl methyl sites for hydroxylation is 2. The van der Waals surface area contributed by atoms with Crippen molar-refractivity contribution in [3.05, 3.63) is 53.4 Å². The number of nitrogens with zero attached hydrogens (tertiary/aromatic N) is 7. The van der Waals surface area contributed by atoms with E-state index in [4.69, 9.17) is 5.73 Å². The zero-order valence-corrected chi connectivity index (χ0v) is 14.9. The Morgan fingerprint density at radius 3 is 2.71 bits per heavy atom. The SMILES string of the molecule is Cc1nc2ncnn2c(N)c1Cc1cccc(-c2cn(C)nc2C(F)(F)F)n1. The standard InChI is InChI=1S/C17H15F3N8/c1-9-11(15(21)28-16(24-9)22-8-23-28)6-10-4-3-5-13(25-10)12-7-27(2)26-14(12)17(18,19)20/h3-5,7-8H,6,21H2,1-2H3. The first kappa shape index (κ1) is 17.9. The van der Waals surface area contributed by atoms with Crippen molar-refractivity contribution in [2.75, 3.05) is 5.73 Å². The summed E-state index contributed by atoms with van der Waals surface area (Å²) in [5.74, 6) is 0.746. The van der Waals surface area contributed by atoms with Gasteiger partial charge in [-0.15, -0.1) is 0 Å². The minimum atomic E-state index is -4.57. The summed E-state index contributed by atoms with van der Waals surface area (Å²) >= 11 is 0. The number of fused-ring (bicyclic) bond motifs is 1. The molecule has 0 radical (unpaired) electrons. The van der Waals surface area contributed by atoms with E-state index < -0.39 is 11.9 Å². The summed E-state index contributed by atoms with van der Waals surface area (Å²) in [6.45, 7) is 1.78. The number of rotatable bonds is 3. The lowest BCUT2D eigenvalue weighted by atomic mass is 10.1. The van der Waals surface area contributed by atoms with Gasteiger partial charge in [0.25, 0.3) is 5.78 Å². The molecule has 0 amide bonds. The molecule has 4 heterocycles. The van der Waals surface area contributed by atoms with Crippen LogP contribution in [0.5, 0.6) is 0 Å². The van der Waals surface area contributed by atoms with E-state index in [-0.39, 0.29) is 17.7 Å². The number of halogens is 3. The molecular formula is C17H15F3N8. The molecule has 2 N–H and O–H groups in total. The fourth-order valence-electron chi connectivity index (χ4n) is 3.03. The fraction of sp³-hybridized carbons (Fsp3) is 0.235. The van der Waals surface area contributed by atoms with E-state index in [1.807, 2.05) is 0 Å². The summed E-state index contributed by atoms with van der Waals surface area (Å²) in [7, 11) is 1.44. The van der Waals surface area contributed by atoms with Gasteiger partial charge in [-0.1, -0.05) is 6.07 Å². The van der Waals surface area contributed by atoms with Crippen molar-refractivity contribution in [2.45, 2.75) is 19.5 Å². The third kappa shape index (κ3) is 3.04. The summed E-state index contributed by atoms with van der Waals surface area (Å²) in [6, 6.07) is 4.89. The molecule has 0 aliphatic carbocycles. The molecule has 0 fully saturated rings. The molecular weight excluding hydrogens is 373 g/mol. The highest BCUT2D eigenvalue weighted by molar-refractivity contribution is 5.62. The highest BCUT2D eigenvalue weighted by Crippen LogP contribution is 2.35. The van der Waals surface area contributed by atoms with Gasteiger partial charge in [0.2, 0.25) is 0 Å². The number of nitrogen functional groups attached to an aromatic ring is 1. The van der Waals surface area contributed by atoms with Crippen molar-refractivity contribution in [3.63, 3.8) is 0 Å². The fourth-order valence-corrected chi connectivity index (χ4v) is 3.03. The van der Waals surface area contributed by atoms with E-state index in [0.29, 0.717) is 28.5 Å². The van der Waals surface area contributed by atoms with Crippen molar-refractivity contribution in [1.82, 2.24) is 34.3 Å². The molecule has 0 spiro atoms. The second-order valence-corrected chi connectivity index (χ2v) is 6.29. The molecule has 8 nitrogen and oxygen atoms in total. The van der Waals surface area contributed by atoms with Crippen LogP contribution < -0.4 is 5.73 Å². The largest absolute Gasteiger partial charge is 0.435 e. The Hall–Kier alpha value is -3.50. The number of anilines is 1. The van der Waals surface area contributed by atoms with Crippen LogP contribution in [0.15, 0.2) is 30.7 Å². The normalized spacial score (nSPS) is 12.0. The molecule has 4 aromatic rings. The maximum absolute atomic E-state index is 13.3. The Morgan fingerprint density at radius 2 is 1.96 bits per heavy atom. The van der Waals surface area contributed by atoms with Crippen LogP contribution in [0.1, 0.15) is 22.6 Å². The molecule has 144 valence electrons. The van der Waals surface area contributed by atoms with Gasteiger partial charge in [-0.05, 0) is 19.1 Å². The van der Waals surface area contributed by atoms with E-state index in [0.717, 1.165) is 4.68 Å². The zero-order chi connectivity index (χ0) is 20.1. The Bertz CT molecular complexity index is 1180. The number of nitrogens with two attached hydrogens (primary N) is 1. The van der Waals surface area contributed by atoms with Crippen LogP contribution in [0.2, 0.25) is 0 Å². The van der Waals surface area contributed by atoms with Crippen LogP contribution >= 0.6 is 0 Å². The monoisotopic (exact) mass is 388 g/mol. The molecule has 0 aromatic carbocycles. The Balaban J connectivity index is 1.75. The average Bonchev–Trinajstić information content (AvgIpc) is 3.25. The van der Waals surface area contributed by atoms with Crippen molar-refractivity contribution >= 4 is 11.6 Å². The average molecular weight is 388 g/mol. The molecule has 0 aliphatic rings. The third-order valence-corrected chi connectivity index (χ3v) is 4.31. The second-order valence-electron chi connectivity index (χ2n) is 6.29. The van der Waals surface area contributed by atoms with Crippen molar-refractivity contribution in [3.8, 4) is 11.3 Å². The third-order valence-electron chi connectivity index (χ3n) is 4.31. The van der Waals surface area contributed by atoms with Crippen LogP contribution in [0.25, 0.3) is 17.0 Å². The lowest BCUT2D eigenvalue weighted by molar-refractivity contribution is -0.141. The number of aromatic nitrogens is 7. The second kappa shape index (κ2) is 6.29. The minimum absolute atomic E-state index is 0.0774. The molecule has 4 aromatic heterocycles. The van der Waals surface area contributed by atoms with E-state index >= 15 is 0 Å². The van der Waals surface area contributed by atoms with E-state index in [2.05, 4.69) is 25.1 Å². The lowest BCUT2D eigenvalue weighted by Crippen LogP contribution is -2.10. The van der Waals surface area contributed by atoms with Crippen molar-refractivity contribution in [2.24, 2.45) is 7.05 Å². The number of hydrogen-bond acceptors (Lipinski definition) is 6. The quantitative estimate of drug-likeness (QED) is 0.579. The minimum Gasteiger partial charge on any atom is -0.383 e. The molecule has 0 saturated carbocycles. The molecule has 28 heavy (non-hydrogen) atoms. The van der Waals surface area contributed by atoms with Crippen LogP contribution in [0.4, 0.5) is 19.0 Å². The van der Waals surface area contributed by atoms with E-state index in [9.17, 15) is 13.2 Å². The molecule has 0 saturated heterocycles. The molecule has 0 atom stereocenters. The van der Waals surface area contributed by atoms with Crippen molar-refractivity contribution < 1.29 is 13.2 Å². The van der Waals surface area contributed by atoms with Gasteiger partial charge in [-0.2, -0.15) is 32.9 Å². The van der Waals surface area contributed by atoms with Crippen LogP contribution in [0, 0.1) is 6.92 Å². The Labute approximate surface area is 156 Å². The first-order valence-electron chi connectivity index (χ1n) is 8.26. The molecule has 0 aliphatic heterocycles. The van der Waals surface area contributed by atoms with Crippen LogP contribution in [0.3, 0.4) is 0 Å². The summed E-state index contributed by atoms with van der Waals surface area (Å²) in [5.41, 5.74) is 7.20. The summed E-state index contributed by atoms with van der Waals surface area (Å²) in [6.07, 6.45) is -1.63. The number of hydrogen-bond donors (Lipinski definition) is 1. The maximum atomic E-state index is 13.3. The van der Waals surface area contributed by atoms with Gasteiger partial charge < -0.3 is 5.73 Å². The highest BCUT2D eigenvalue weighted by atomic mass is 19.4. The van der Waals surface area contributed by atoms with Gasteiger partial charge >= 0.3 is 6.18 Å². The predicted molar refractivity (Wildman–Crippen MR) is 94.2 cm³/mol. The first-order chi connectivity index (χ1) is 13.2. The van der Waals surface area contributed by atoms with Gasteiger partial charge in [-0.3, -0.25) is 9.67 Å². The van der Waals surface area contributed by atoms with E-state index in [1.165, 1.54) is 30.2 Å². The Kier molecular flexibility index (Phi) is 4.02. The van der Waals surface area contributed by atoms with E-state index in [1.54, 1.807) is 19.1 Å². The lowest BCUT2D eigenvalue weighted by Gasteiger charge is -2.11. The van der Waals surface area contributed by atoms with Gasteiger partial charge in [0.1, 0.15) is 12.1 Å². The van der Waals surface area contributed by atoms with Crippen LogP contribution in [-0.4, -0.2) is 34.3 Å². The summed E-state index contributed by atoms with van der Waals surface area (Å²) in [4.78, 5) is 12.7. The topological polar surface area (TPSA) is 99.8 Å². The Morgan fingerprint density at radius 1 is 1.18 bits per heavy atom. The molecule has 0 bridgehead atoms. The van der Waals surface area contributed by atoms with Gasteiger partial charge in [0.05, 0.1) is 11.3 Å². The highest BCUT2D eigenvalue weighted by Gasteiger charge is 2.37. The molecule has 0 unspecified atom stereocenters. The number of pyridine rings is 1. The van der Waals surface area contributed by atoms with Gasteiger partial charge in [-0.25, -0.2) is 4.98 Å². The van der Waals surface area contributed by atoms with Crippen LogP contribution in [-0.2, 0) is 19.6 Å². The molecule has 11 heteroatoms. The zero-order valence-electron chi connectivity index (χ0n) is 14.9.